The standard InChI is InChI=1S/C20H35N5O8/c1-11(26)16(22)18(30)23-12(7-8-15(27)28)19(31)25-10-4-6-14(25)17(29)24-13(20(32)33)5-2-3-9-21/h11-14,16,26H,2-10,21-22H2,1H3,(H,23,30)(H,24,29)(H,27,28)(H,32,33). The lowest BCUT2D eigenvalue weighted by molar-refractivity contribution is -0.145. The number of aliphatic hydroxyl groups is 1. The summed E-state index contributed by atoms with van der Waals surface area (Å²) in [5.41, 5.74) is 11.0. The third-order valence-corrected chi connectivity index (χ3v) is 5.48. The molecule has 1 fully saturated rings. The Balaban J connectivity index is 2.94. The van der Waals surface area contributed by atoms with E-state index in [1.807, 2.05) is 0 Å². The predicted octanol–water partition coefficient (Wildman–Crippen LogP) is -2.27. The van der Waals surface area contributed by atoms with E-state index >= 15 is 0 Å². The monoisotopic (exact) mass is 473 g/mol. The van der Waals surface area contributed by atoms with Crippen LogP contribution < -0.4 is 22.1 Å². The molecule has 0 aromatic heterocycles. The highest BCUT2D eigenvalue weighted by atomic mass is 16.4. The smallest absolute Gasteiger partial charge is 0.326 e. The van der Waals surface area contributed by atoms with E-state index in [1.165, 1.54) is 11.8 Å². The quantitative estimate of drug-likeness (QED) is 0.134. The summed E-state index contributed by atoms with van der Waals surface area (Å²) in [6.07, 6.45) is 0.204. The van der Waals surface area contributed by atoms with Crippen molar-refractivity contribution in [2.75, 3.05) is 13.1 Å². The number of likely N-dealkylation sites (tertiary alicyclic amines) is 1. The number of amides is 3. The van der Waals surface area contributed by atoms with Crippen molar-refractivity contribution in [3.8, 4) is 0 Å². The Morgan fingerprint density at radius 3 is 2.27 bits per heavy atom. The van der Waals surface area contributed by atoms with Crippen LogP contribution in [0.4, 0.5) is 0 Å². The minimum atomic E-state index is -1.33. The van der Waals surface area contributed by atoms with Gasteiger partial charge < -0.3 is 42.3 Å². The lowest BCUT2D eigenvalue weighted by Crippen LogP contribution is -2.57. The van der Waals surface area contributed by atoms with E-state index in [-0.39, 0.29) is 19.4 Å². The van der Waals surface area contributed by atoms with Gasteiger partial charge >= 0.3 is 11.9 Å². The zero-order valence-corrected chi connectivity index (χ0v) is 18.7. The molecule has 1 heterocycles. The fourth-order valence-corrected chi connectivity index (χ4v) is 3.53. The molecule has 5 unspecified atom stereocenters. The van der Waals surface area contributed by atoms with E-state index in [0.29, 0.717) is 32.2 Å². The van der Waals surface area contributed by atoms with Crippen LogP contribution in [-0.4, -0.2) is 93.2 Å². The van der Waals surface area contributed by atoms with Crippen LogP contribution in [0.1, 0.15) is 51.9 Å². The molecular formula is C20H35N5O8. The van der Waals surface area contributed by atoms with Gasteiger partial charge in [0.05, 0.1) is 6.10 Å². The number of aliphatic carboxylic acids is 2. The number of nitrogens with two attached hydrogens (primary N) is 2. The summed E-state index contributed by atoms with van der Waals surface area (Å²) >= 11 is 0. The van der Waals surface area contributed by atoms with Gasteiger partial charge in [0, 0.05) is 13.0 Å². The molecular weight excluding hydrogens is 438 g/mol. The molecule has 3 amide bonds. The van der Waals surface area contributed by atoms with Crippen LogP contribution in [-0.2, 0) is 24.0 Å². The normalized spacial score (nSPS) is 19.3. The topological polar surface area (TPSA) is 225 Å². The second kappa shape index (κ2) is 13.7. The Labute approximate surface area is 191 Å². The van der Waals surface area contributed by atoms with E-state index in [1.54, 1.807) is 0 Å². The van der Waals surface area contributed by atoms with Crippen LogP contribution in [0.15, 0.2) is 0 Å². The number of unbranched alkanes of at least 4 members (excludes halogenated alkanes) is 1. The maximum Gasteiger partial charge on any atom is 0.326 e. The largest absolute Gasteiger partial charge is 0.481 e. The fourth-order valence-electron chi connectivity index (χ4n) is 3.53. The van der Waals surface area contributed by atoms with Crippen molar-refractivity contribution >= 4 is 29.7 Å². The number of nitrogens with zero attached hydrogens (tertiary/aromatic N) is 1. The summed E-state index contributed by atoms with van der Waals surface area (Å²) < 4.78 is 0. The zero-order chi connectivity index (χ0) is 25.1. The van der Waals surface area contributed by atoms with Crippen LogP contribution in [0.25, 0.3) is 0 Å². The molecule has 0 radical (unpaired) electrons. The average Bonchev–Trinajstić information content (AvgIpc) is 3.24. The lowest BCUT2D eigenvalue weighted by atomic mass is 10.1. The first-order chi connectivity index (χ1) is 15.5. The number of carboxylic acid groups (broad SMARTS) is 2. The highest BCUT2D eigenvalue weighted by molar-refractivity contribution is 5.94. The van der Waals surface area contributed by atoms with Gasteiger partial charge in [0.2, 0.25) is 17.7 Å². The van der Waals surface area contributed by atoms with E-state index in [2.05, 4.69) is 10.6 Å². The van der Waals surface area contributed by atoms with Crippen molar-refractivity contribution in [3.05, 3.63) is 0 Å². The number of carboxylic acids is 2. The number of rotatable bonds is 14. The first-order valence-electron chi connectivity index (χ1n) is 11.0. The first kappa shape index (κ1) is 28.3. The molecule has 188 valence electrons. The minimum Gasteiger partial charge on any atom is -0.481 e. The molecule has 33 heavy (non-hydrogen) atoms. The molecule has 1 rings (SSSR count). The Morgan fingerprint density at radius 1 is 1.06 bits per heavy atom. The van der Waals surface area contributed by atoms with E-state index in [4.69, 9.17) is 16.6 Å². The summed E-state index contributed by atoms with van der Waals surface area (Å²) in [7, 11) is 0. The van der Waals surface area contributed by atoms with Gasteiger partial charge in [-0.05, 0) is 52.0 Å². The molecule has 9 N–H and O–H groups in total. The Hall–Kier alpha value is -2.77. The molecule has 13 heteroatoms. The van der Waals surface area contributed by atoms with Gasteiger partial charge in [0.15, 0.2) is 0 Å². The van der Waals surface area contributed by atoms with Gasteiger partial charge in [-0.3, -0.25) is 19.2 Å². The van der Waals surface area contributed by atoms with Gasteiger partial charge in [-0.25, -0.2) is 4.79 Å². The first-order valence-corrected chi connectivity index (χ1v) is 11.0. The van der Waals surface area contributed by atoms with E-state index in [0.717, 1.165) is 0 Å². The third-order valence-electron chi connectivity index (χ3n) is 5.48. The van der Waals surface area contributed by atoms with Crippen LogP contribution in [0.3, 0.4) is 0 Å². The Bertz CT molecular complexity index is 717. The van der Waals surface area contributed by atoms with Gasteiger partial charge in [-0.2, -0.15) is 0 Å². The molecule has 13 nitrogen and oxygen atoms in total. The number of hydrogen-bond acceptors (Lipinski definition) is 8. The van der Waals surface area contributed by atoms with Crippen LogP contribution in [0.2, 0.25) is 0 Å². The maximum absolute atomic E-state index is 13.1. The second-order valence-corrected chi connectivity index (χ2v) is 8.13. The maximum atomic E-state index is 13.1. The van der Waals surface area contributed by atoms with E-state index in [9.17, 15) is 34.2 Å². The lowest BCUT2D eigenvalue weighted by Gasteiger charge is -2.30. The number of hydrogen-bond donors (Lipinski definition) is 7. The molecule has 0 aromatic rings. The summed E-state index contributed by atoms with van der Waals surface area (Å²) in [4.78, 5) is 61.9. The second-order valence-electron chi connectivity index (χ2n) is 8.13. The zero-order valence-electron chi connectivity index (χ0n) is 18.7. The van der Waals surface area contributed by atoms with Crippen LogP contribution in [0.5, 0.6) is 0 Å². The van der Waals surface area contributed by atoms with Crippen molar-refractivity contribution in [1.29, 1.82) is 0 Å². The summed E-state index contributed by atoms with van der Waals surface area (Å²) in [5.74, 6) is -4.52. The SMILES string of the molecule is CC(O)C(N)C(=O)NC(CCC(=O)O)C(=O)N1CCCC1C(=O)NC(CCCCN)C(=O)O. The van der Waals surface area contributed by atoms with Crippen LogP contribution in [0, 0.1) is 0 Å². The molecule has 1 aliphatic rings. The molecule has 1 saturated heterocycles. The van der Waals surface area contributed by atoms with Gasteiger partial charge in [0.25, 0.3) is 0 Å². The molecule has 0 spiro atoms. The highest BCUT2D eigenvalue weighted by Crippen LogP contribution is 2.20. The molecule has 1 aliphatic heterocycles. The fraction of sp³-hybridized carbons (Fsp3) is 0.750. The van der Waals surface area contributed by atoms with Crippen LogP contribution >= 0.6 is 0 Å². The molecule has 0 saturated carbocycles. The third kappa shape index (κ3) is 8.94. The van der Waals surface area contributed by atoms with Crippen molar-refractivity contribution in [2.24, 2.45) is 11.5 Å². The van der Waals surface area contributed by atoms with Crippen molar-refractivity contribution in [3.63, 3.8) is 0 Å². The average molecular weight is 474 g/mol. The summed E-state index contributed by atoms with van der Waals surface area (Å²) in [5, 5.41) is 32.7. The minimum absolute atomic E-state index is 0.184. The van der Waals surface area contributed by atoms with Gasteiger partial charge in [0.1, 0.15) is 24.2 Å². The number of aliphatic hydroxyl groups excluding tert-OH is 1. The number of carbonyl (C=O) groups excluding carboxylic acids is 3. The highest BCUT2D eigenvalue weighted by Gasteiger charge is 2.39. The molecule has 5 atom stereocenters. The summed E-state index contributed by atoms with van der Waals surface area (Å²) in [6, 6.07) is -4.68. The molecule has 0 bridgehead atoms. The predicted molar refractivity (Wildman–Crippen MR) is 116 cm³/mol. The van der Waals surface area contributed by atoms with Crippen molar-refractivity contribution in [1.82, 2.24) is 15.5 Å². The van der Waals surface area contributed by atoms with Gasteiger partial charge in [-0.1, -0.05) is 0 Å². The summed E-state index contributed by atoms with van der Waals surface area (Å²) in [6.45, 7) is 1.88. The number of nitrogens with one attached hydrogen (secondary N) is 2. The van der Waals surface area contributed by atoms with Gasteiger partial charge in [-0.15, -0.1) is 0 Å². The van der Waals surface area contributed by atoms with Crippen molar-refractivity contribution in [2.45, 2.75) is 82.1 Å². The molecule has 0 aliphatic carbocycles. The Morgan fingerprint density at radius 2 is 1.73 bits per heavy atom. The number of carbonyl (C=O) groups is 5. The van der Waals surface area contributed by atoms with Crippen molar-refractivity contribution < 1.29 is 39.3 Å². The molecule has 0 aromatic carbocycles. The Kier molecular flexibility index (Phi) is 11.7. The van der Waals surface area contributed by atoms with E-state index < -0.39 is 66.4 Å².